The van der Waals surface area contributed by atoms with E-state index in [1.54, 1.807) is 0 Å². The first-order chi connectivity index (χ1) is 5.11. The number of carbonyl (C=O) groups is 1. The molecule has 2 unspecified atom stereocenters. The fourth-order valence-electron chi connectivity index (χ4n) is 0.744. The van der Waals surface area contributed by atoms with Gasteiger partial charge in [0.2, 0.25) is 0 Å². The van der Waals surface area contributed by atoms with Crippen molar-refractivity contribution in [2.45, 2.75) is 33.2 Å². The Morgan fingerprint density at radius 3 is 2.55 bits per heavy atom. The molecule has 0 aliphatic carbocycles. The molecule has 2 heteroatoms. The lowest BCUT2D eigenvalue weighted by molar-refractivity contribution is -0.116. The highest BCUT2D eigenvalue weighted by Gasteiger charge is 2.10. The largest absolute Gasteiger partial charge is 0.343 e. The number of carbonyl (C=O) groups excluding carboxylic acids is 1. The molecule has 0 bridgehead atoms. The van der Waals surface area contributed by atoms with E-state index in [9.17, 15) is 4.79 Å². The molecule has 0 saturated carbocycles. The second-order valence-corrected chi connectivity index (χ2v) is 2.79. The second kappa shape index (κ2) is 4.79. The van der Waals surface area contributed by atoms with Crippen LogP contribution in [0.3, 0.4) is 0 Å². The Bertz CT molecular complexity index is 169. The van der Waals surface area contributed by atoms with Crippen LogP contribution in [0, 0.1) is 18.3 Å². The van der Waals surface area contributed by atoms with Crippen molar-refractivity contribution in [1.82, 2.24) is 5.32 Å². The van der Waals surface area contributed by atoms with E-state index >= 15 is 0 Å². The summed E-state index contributed by atoms with van der Waals surface area (Å²) in [4.78, 5) is 10.7. The van der Waals surface area contributed by atoms with Gasteiger partial charge in [-0.25, -0.2) is 0 Å². The van der Waals surface area contributed by atoms with Crippen LogP contribution >= 0.6 is 0 Å². The molecule has 0 aromatic rings. The molecule has 11 heavy (non-hydrogen) atoms. The SMILES string of the molecule is C#CC(=O)NC(C)C(C)CC. The highest BCUT2D eigenvalue weighted by Crippen LogP contribution is 2.05. The van der Waals surface area contributed by atoms with Gasteiger partial charge in [-0.05, 0) is 18.8 Å². The van der Waals surface area contributed by atoms with Crippen LogP contribution in [0.2, 0.25) is 0 Å². The molecule has 1 N–H and O–H groups in total. The molecule has 0 aromatic carbocycles. The van der Waals surface area contributed by atoms with E-state index in [-0.39, 0.29) is 11.9 Å². The molecule has 1 amide bonds. The topological polar surface area (TPSA) is 29.1 Å². The maximum atomic E-state index is 10.7. The third-order valence-corrected chi connectivity index (χ3v) is 1.99. The molecular weight excluding hydrogens is 138 g/mol. The number of hydrogen-bond acceptors (Lipinski definition) is 1. The van der Waals surface area contributed by atoms with Gasteiger partial charge in [-0.1, -0.05) is 20.3 Å². The van der Waals surface area contributed by atoms with Gasteiger partial charge in [-0.15, -0.1) is 6.42 Å². The summed E-state index contributed by atoms with van der Waals surface area (Å²) in [6.07, 6.45) is 5.95. The molecule has 0 rings (SSSR count). The third kappa shape index (κ3) is 3.67. The molecule has 2 nitrogen and oxygen atoms in total. The van der Waals surface area contributed by atoms with Gasteiger partial charge < -0.3 is 5.32 Å². The Morgan fingerprint density at radius 2 is 2.18 bits per heavy atom. The number of rotatable bonds is 3. The zero-order valence-electron chi connectivity index (χ0n) is 7.35. The van der Waals surface area contributed by atoms with Crippen molar-refractivity contribution in [1.29, 1.82) is 0 Å². The lowest BCUT2D eigenvalue weighted by Gasteiger charge is -2.17. The number of amides is 1. The Kier molecular flexibility index (Phi) is 4.36. The molecule has 0 saturated heterocycles. The first-order valence-electron chi connectivity index (χ1n) is 3.88. The van der Waals surface area contributed by atoms with Crippen LogP contribution in [0.4, 0.5) is 0 Å². The lowest BCUT2D eigenvalue weighted by atomic mass is 10.0. The third-order valence-electron chi connectivity index (χ3n) is 1.99. The molecule has 0 radical (unpaired) electrons. The Balaban J connectivity index is 3.79. The van der Waals surface area contributed by atoms with Gasteiger partial charge in [0.1, 0.15) is 0 Å². The number of terminal acetylenes is 1. The average molecular weight is 153 g/mol. The number of nitrogens with one attached hydrogen (secondary N) is 1. The summed E-state index contributed by atoms with van der Waals surface area (Å²) in [6, 6.07) is 0.170. The van der Waals surface area contributed by atoms with Crippen molar-refractivity contribution in [3.63, 3.8) is 0 Å². The predicted octanol–water partition coefficient (Wildman–Crippen LogP) is 1.17. The van der Waals surface area contributed by atoms with Crippen LogP contribution in [0.1, 0.15) is 27.2 Å². The summed E-state index contributed by atoms with van der Waals surface area (Å²) in [5, 5.41) is 2.71. The van der Waals surface area contributed by atoms with Gasteiger partial charge in [-0.3, -0.25) is 4.79 Å². The van der Waals surface area contributed by atoms with E-state index in [4.69, 9.17) is 6.42 Å². The normalized spacial score (nSPS) is 14.7. The van der Waals surface area contributed by atoms with Gasteiger partial charge in [0.05, 0.1) is 0 Å². The van der Waals surface area contributed by atoms with Gasteiger partial charge >= 0.3 is 0 Å². The van der Waals surface area contributed by atoms with Crippen molar-refractivity contribution in [2.75, 3.05) is 0 Å². The Morgan fingerprint density at radius 1 is 1.64 bits per heavy atom. The van der Waals surface area contributed by atoms with Crippen LogP contribution in [0.5, 0.6) is 0 Å². The van der Waals surface area contributed by atoms with E-state index < -0.39 is 0 Å². The fourth-order valence-corrected chi connectivity index (χ4v) is 0.744. The quantitative estimate of drug-likeness (QED) is 0.606. The molecule has 62 valence electrons. The zero-order chi connectivity index (χ0) is 8.85. The lowest BCUT2D eigenvalue weighted by Crippen LogP contribution is -2.35. The van der Waals surface area contributed by atoms with Crippen LogP contribution in [-0.4, -0.2) is 11.9 Å². The van der Waals surface area contributed by atoms with Crippen molar-refractivity contribution in [3.8, 4) is 12.3 Å². The van der Waals surface area contributed by atoms with E-state index in [1.807, 2.05) is 12.8 Å². The standard InChI is InChI=1S/C9H15NO/c1-5-7(3)8(4)10-9(11)6-2/h2,7-8H,5H2,1,3-4H3,(H,10,11). The maximum absolute atomic E-state index is 10.7. The van der Waals surface area contributed by atoms with Crippen molar-refractivity contribution in [2.24, 2.45) is 5.92 Å². The first kappa shape index (κ1) is 10.0. The van der Waals surface area contributed by atoms with Gasteiger partial charge in [0, 0.05) is 6.04 Å². The molecule has 0 spiro atoms. The minimum atomic E-state index is -0.321. The summed E-state index contributed by atoms with van der Waals surface area (Å²) in [6.45, 7) is 6.13. The van der Waals surface area contributed by atoms with Crippen molar-refractivity contribution in [3.05, 3.63) is 0 Å². The Labute approximate surface area is 68.4 Å². The van der Waals surface area contributed by atoms with Gasteiger partial charge in [0.25, 0.3) is 5.91 Å². The van der Waals surface area contributed by atoms with Crippen LogP contribution in [-0.2, 0) is 4.79 Å². The fraction of sp³-hybridized carbons (Fsp3) is 0.667. The summed E-state index contributed by atoms with van der Waals surface area (Å²) in [7, 11) is 0. The minimum absolute atomic E-state index is 0.170. The summed E-state index contributed by atoms with van der Waals surface area (Å²) in [5.41, 5.74) is 0. The van der Waals surface area contributed by atoms with Crippen molar-refractivity contribution < 1.29 is 4.79 Å². The van der Waals surface area contributed by atoms with Gasteiger partial charge in [0.15, 0.2) is 0 Å². The van der Waals surface area contributed by atoms with E-state index in [0.717, 1.165) is 6.42 Å². The molecule has 0 heterocycles. The first-order valence-corrected chi connectivity index (χ1v) is 3.88. The predicted molar refractivity (Wildman–Crippen MR) is 45.9 cm³/mol. The highest BCUT2D eigenvalue weighted by molar-refractivity contribution is 5.92. The molecular formula is C9H15NO. The Hall–Kier alpha value is -0.970. The zero-order valence-corrected chi connectivity index (χ0v) is 7.35. The summed E-state index contributed by atoms with van der Waals surface area (Å²) >= 11 is 0. The minimum Gasteiger partial charge on any atom is -0.343 e. The monoisotopic (exact) mass is 153 g/mol. The highest BCUT2D eigenvalue weighted by atomic mass is 16.1. The smallest absolute Gasteiger partial charge is 0.295 e. The molecule has 0 aliphatic rings. The molecule has 0 aromatic heterocycles. The average Bonchev–Trinajstić information content (AvgIpc) is 2.02. The van der Waals surface area contributed by atoms with E-state index in [2.05, 4.69) is 19.2 Å². The molecule has 0 fully saturated rings. The summed E-state index contributed by atoms with van der Waals surface area (Å²) < 4.78 is 0. The van der Waals surface area contributed by atoms with Crippen LogP contribution in [0.25, 0.3) is 0 Å². The van der Waals surface area contributed by atoms with E-state index in [1.165, 1.54) is 0 Å². The van der Waals surface area contributed by atoms with Gasteiger partial charge in [-0.2, -0.15) is 0 Å². The number of hydrogen-bond donors (Lipinski definition) is 1. The molecule has 0 aliphatic heterocycles. The second-order valence-electron chi connectivity index (χ2n) is 2.79. The summed E-state index contributed by atoms with van der Waals surface area (Å²) in [5.74, 6) is 2.18. The van der Waals surface area contributed by atoms with Crippen molar-refractivity contribution >= 4 is 5.91 Å². The van der Waals surface area contributed by atoms with E-state index in [0.29, 0.717) is 5.92 Å². The maximum Gasteiger partial charge on any atom is 0.295 e. The molecule has 2 atom stereocenters. The van der Waals surface area contributed by atoms with Crippen LogP contribution in [0.15, 0.2) is 0 Å². The van der Waals surface area contributed by atoms with Crippen LogP contribution < -0.4 is 5.32 Å².